The highest BCUT2D eigenvalue weighted by atomic mass is 16.1. The molecule has 1 heterocycles. The first-order chi connectivity index (χ1) is 11.7. The number of aromatic nitrogens is 1. The Hall–Kier alpha value is -2.61. The van der Waals surface area contributed by atoms with Crippen LogP contribution in [0.15, 0.2) is 60.7 Å². The Bertz CT molecular complexity index is 869. The summed E-state index contributed by atoms with van der Waals surface area (Å²) in [5, 5.41) is 1.27. The Morgan fingerprint density at radius 2 is 1.79 bits per heavy atom. The molecule has 24 heavy (non-hydrogen) atoms. The molecule has 2 aromatic carbocycles. The van der Waals surface area contributed by atoms with Gasteiger partial charge in [-0.1, -0.05) is 68.0 Å². The number of Topliss-reactive ketones (excluding diaryl/α,β-unsaturated/α-hetero) is 1. The zero-order valence-electron chi connectivity index (χ0n) is 14.3. The van der Waals surface area contributed by atoms with Crippen molar-refractivity contribution in [3.05, 3.63) is 71.8 Å². The maximum atomic E-state index is 11.5. The van der Waals surface area contributed by atoms with Crippen LogP contribution < -0.4 is 0 Å². The number of fused-ring (bicyclic) bond motifs is 1. The van der Waals surface area contributed by atoms with E-state index in [1.807, 2.05) is 24.3 Å². The van der Waals surface area contributed by atoms with Crippen molar-refractivity contribution in [1.29, 1.82) is 0 Å². The molecule has 1 N–H and O–H groups in total. The summed E-state index contributed by atoms with van der Waals surface area (Å²) < 4.78 is 0. The zero-order chi connectivity index (χ0) is 16.9. The summed E-state index contributed by atoms with van der Waals surface area (Å²) in [5.41, 5.74) is 5.48. The maximum absolute atomic E-state index is 11.5. The lowest BCUT2D eigenvalue weighted by atomic mass is 10.0. The maximum Gasteiger partial charge on any atom is 0.159 e. The van der Waals surface area contributed by atoms with E-state index in [0.717, 1.165) is 35.2 Å². The van der Waals surface area contributed by atoms with Crippen molar-refractivity contribution < 1.29 is 4.79 Å². The van der Waals surface area contributed by atoms with Gasteiger partial charge in [-0.05, 0) is 37.0 Å². The summed E-state index contributed by atoms with van der Waals surface area (Å²) in [5.74, 6) is 0.0981. The predicted molar refractivity (Wildman–Crippen MR) is 101 cm³/mol. The van der Waals surface area contributed by atoms with E-state index in [9.17, 15) is 4.79 Å². The minimum atomic E-state index is 0.0981. The number of carbonyl (C=O) groups excluding carboxylic acids is 1. The average molecular weight is 317 g/mol. The zero-order valence-corrected chi connectivity index (χ0v) is 14.3. The standard InChI is InChI=1S/C22H23NO/c1-3-4-5-6-10-20-19-9-7-8-11-21(19)23-22(20)18-14-12-17(13-15-18)16(2)24/h5-9,11-15,23H,3-4,10H2,1-2H3/b6-5+. The Balaban J connectivity index is 2.04. The van der Waals surface area contributed by atoms with Crippen molar-refractivity contribution in [3.63, 3.8) is 0 Å². The van der Waals surface area contributed by atoms with Gasteiger partial charge < -0.3 is 4.98 Å². The largest absolute Gasteiger partial charge is 0.354 e. The van der Waals surface area contributed by atoms with Gasteiger partial charge >= 0.3 is 0 Å². The molecular weight excluding hydrogens is 294 g/mol. The number of allylic oxidation sites excluding steroid dienone is 2. The normalized spacial score (nSPS) is 11.4. The third kappa shape index (κ3) is 3.33. The van der Waals surface area contributed by atoms with E-state index in [0.29, 0.717) is 0 Å². The van der Waals surface area contributed by atoms with Crippen LogP contribution in [0.5, 0.6) is 0 Å². The first-order valence-corrected chi connectivity index (χ1v) is 8.56. The summed E-state index contributed by atoms with van der Waals surface area (Å²) in [7, 11) is 0. The van der Waals surface area contributed by atoms with E-state index in [2.05, 4.69) is 48.3 Å². The minimum absolute atomic E-state index is 0.0981. The van der Waals surface area contributed by atoms with Gasteiger partial charge in [-0.25, -0.2) is 0 Å². The van der Waals surface area contributed by atoms with Crippen LogP contribution >= 0.6 is 0 Å². The van der Waals surface area contributed by atoms with Crippen LogP contribution in [0.25, 0.3) is 22.2 Å². The Labute approximate surface area is 143 Å². The van der Waals surface area contributed by atoms with Crippen LogP contribution in [-0.2, 0) is 6.42 Å². The molecule has 0 unspecified atom stereocenters. The molecule has 0 atom stereocenters. The average Bonchev–Trinajstić information content (AvgIpc) is 2.97. The van der Waals surface area contributed by atoms with Gasteiger partial charge in [0, 0.05) is 16.5 Å². The number of rotatable bonds is 6. The van der Waals surface area contributed by atoms with Gasteiger partial charge in [0.15, 0.2) is 5.78 Å². The SMILES string of the molecule is CCC/C=C/Cc1c(-c2ccc(C(C)=O)cc2)[nH]c2ccccc12. The van der Waals surface area contributed by atoms with Crippen LogP contribution in [-0.4, -0.2) is 10.8 Å². The first-order valence-electron chi connectivity index (χ1n) is 8.56. The number of ketones is 1. The predicted octanol–water partition coefficient (Wildman–Crippen LogP) is 5.94. The fourth-order valence-electron chi connectivity index (χ4n) is 3.02. The highest BCUT2D eigenvalue weighted by Gasteiger charge is 2.12. The molecule has 2 heteroatoms. The third-order valence-electron chi connectivity index (χ3n) is 4.34. The van der Waals surface area contributed by atoms with Crippen molar-refractivity contribution in [1.82, 2.24) is 4.98 Å². The van der Waals surface area contributed by atoms with Gasteiger partial charge in [0.25, 0.3) is 0 Å². The fraction of sp³-hybridized carbons (Fsp3) is 0.227. The number of nitrogens with one attached hydrogen (secondary N) is 1. The molecule has 1 aromatic heterocycles. The van der Waals surface area contributed by atoms with Crippen molar-refractivity contribution in [2.24, 2.45) is 0 Å². The van der Waals surface area contributed by atoms with Crippen LogP contribution in [0.4, 0.5) is 0 Å². The van der Waals surface area contributed by atoms with E-state index in [1.165, 1.54) is 17.4 Å². The second-order valence-electron chi connectivity index (χ2n) is 6.12. The van der Waals surface area contributed by atoms with Gasteiger partial charge in [-0.3, -0.25) is 4.79 Å². The van der Waals surface area contributed by atoms with E-state index >= 15 is 0 Å². The minimum Gasteiger partial charge on any atom is -0.354 e. The van der Waals surface area contributed by atoms with Crippen molar-refractivity contribution >= 4 is 16.7 Å². The number of hydrogen-bond acceptors (Lipinski definition) is 1. The van der Waals surface area contributed by atoms with E-state index in [1.54, 1.807) is 6.92 Å². The molecule has 0 aliphatic carbocycles. The number of aromatic amines is 1. The number of carbonyl (C=O) groups is 1. The topological polar surface area (TPSA) is 32.9 Å². The number of unbranched alkanes of at least 4 members (excludes halogenated alkanes) is 1. The molecule has 0 aliphatic rings. The lowest BCUT2D eigenvalue weighted by Crippen LogP contribution is -1.92. The van der Waals surface area contributed by atoms with Crippen molar-refractivity contribution in [2.75, 3.05) is 0 Å². The number of benzene rings is 2. The Kier molecular flexibility index (Phi) is 4.95. The lowest BCUT2D eigenvalue weighted by molar-refractivity contribution is 0.101. The fourth-order valence-corrected chi connectivity index (χ4v) is 3.02. The van der Waals surface area contributed by atoms with E-state index < -0.39 is 0 Å². The van der Waals surface area contributed by atoms with Crippen molar-refractivity contribution in [3.8, 4) is 11.3 Å². The molecule has 0 saturated carbocycles. The summed E-state index contributed by atoms with van der Waals surface area (Å²) >= 11 is 0. The first kappa shape index (κ1) is 16.3. The van der Waals surface area contributed by atoms with Crippen LogP contribution in [0, 0.1) is 0 Å². The van der Waals surface area contributed by atoms with Gasteiger partial charge in [-0.15, -0.1) is 0 Å². The molecule has 3 aromatic rings. The summed E-state index contributed by atoms with van der Waals surface area (Å²) in [6, 6.07) is 16.3. The Morgan fingerprint density at radius 3 is 2.50 bits per heavy atom. The van der Waals surface area contributed by atoms with Gasteiger partial charge in [0.2, 0.25) is 0 Å². The molecule has 0 radical (unpaired) electrons. The molecule has 3 rings (SSSR count). The highest BCUT2D eigenvalue weighted by Crippen LogP contribution is 2.31. The van der Waals surface area contributed by atoms with E-state index in [4.69, 9.17) is 0 Å². The monoisotopic (exact) mass is 317 g/mol. The van der Waals surface area contributed by atoms with Crippen LogP contribution in [0.2, 0.25) is 0 Å². The highest BCUT2D eigenvalue weighted by molar-refractivity contribution is 5.95. The molecule has 0 saturated heterocycles. The Morgan fingerprint density at radius 1 is 1.04 bits per heavy atom. The summed E-state index contributed by atoms with van der Waals surface area (Å²) in [6.45, 7) is 3.79. The van der Waals surface area contributed by atoms with Gasteiger partial charge in [0.05, 0.1) is 5.69 Å². The molecule has 0 aliphatic heterocycles. The van der Waals surface area contributed by atoms with Gasteiger partial charge in [-0.2, -0.15) is 0 Å². The molecule has 0 fully saturated rings. The molecule has 0 bridgehead atoms. The summed E-state index contributed by atoms with van der Waals surface area (Å²) in [4.78, 5) is 15.0. The number of H-pyrrole nitrogens is 1. The summed E-state index contributed by atoms with van der Waals surface area (Å²) in [6.07, 6.45) is 7.71. The van der Waals surface area contributed by atoms with E-state index in [-0.39, 0.29) is 5.78 Å². The number of hydrogen-bond donors (Lipinski definition) is 1. The van der Waals surface area contributed by atoms with Crippen molar-refractivity contribution in [2.45, 2.75) is 33.1 Å². The second-order valence-corrected chi connectivity index (χ2v) is 6.12. The number of para-hydroxylation sites is 1. The molecule has 0 spiro atoms. The molecule has 0 amide bonds. The smallest absolute Gasteiger partial charge is 0.159 e. The van der Waals surface area contributed by atoms with Crippen LogP contribution in [0.3, 0.4) is 0 Å². The third-order valence-corrected chi connectivity index (χ3v) is 4.34. The second kappa shape index (κ2) is 7.31. The van der Waals surface area contributed by atoms with Gasteiger partial charge in [0.1, 0.15) is 0 Å². The molecular formula is C22H23NO. The lowest BCUT2D eigenvalue weighted by Gasteiger charge is -2.04. The quantitative estimate of drug-likeness (QED) is 0.443. The molecule has 2 nitrogen and oxygen atoms in total. The molecule has 122 valence electrons. The van der Waals surface area contributed by atoms with Crippen LogP contribution in [0.1, 0.15) is 42.6 Å².